The summed E-state index contributed by atoms with van der Waals surface area (Å²) in [4.78, 5) is 12.5. The number of hydrogen-bond acceptors (Lipinski definition) is 1. The lowest BCUT2D eigenvalue weighted by Crippen LogP contribution is -2.47. The Balaban J connectivity index is 1.97. The Morgan fingerprint density at radius 3 is 2.52 bits per heavy atom. The molecule has 1 nitrogen and oxygen atoms in total. The van der Waals surface area contributed by atoms with E-state index < -0.39 is 0 Å². The van der Waals surface area contributed by atoms with Crippen LogP contribution in [0.1, 0.15) is 79.6 Å². The molecule has 0 radical (unpaired) electrons. The second kappa shape index (κ2) is 5.23. The second-order valence-corrected chi connectivity index (χ2v) is 9.48. The maximum atomic E-state index is 12.5. The Bertz CT molecular complexity index is 595. The highest BCUT2D eigenvalue weighted by Crippen LogP contribution is 2.74. The molecule has 0 aromatic rings. The highest BCUT2D eigenvalue weighted by molar-refractivity contribution is 5.96. The number of carbonyl (C=O) groups is 1. The third-order valence-electron chi connectivity index (χ3n) is 7.94. The van der Waals surface area contributed by atoms with E-state index in [1.807, 2.05) is 0 Å². The van der Waals surface area contributed by atoms with Crippen LogP contribution in [0.15, 0.2) is 11.1 Å². The van der Waals surface area contributed by atoms with Crippen LogP contribution in [0.3, 0.4) is 0 Å². The van der Waals surface area contributed by atoms with Crippen molar-refractivity contribution in [1.29, 1.82) is 0 Å². The molecular weight excluding hydrogens is 280 g/mol. The van der Waals surface area contributed by atoms with E-state index >= 15 is 0 Å². The van der Waals surface area contributed by atoms with E-state index in [1.165, 1.54) is 24.8 Å². The lowest BCUT2D eigenvalue weighted by molar-refractivity contribution is -0.117. The molecule has 3 aliphatic rings. The highest BCUT2D eigenvalue weighted by Gasteiger charge is 2.67. The maximum Gasteiger partial charge on any atom is 0.159 e. The van der Waals surface area contributed by atoms with Crippen molar-refractivity contribution in [2.45, 2.75) is 79.6 Å². The van der Waals surface area contributed by atoms with E-state index in [1.54, 1.807) is 0 Å². The standard InChI is InChI=1S/C22H32O/c1-7-22(20(4,5)17-10-11-21(22,6)14-17)13-16(3)18-9-8-15(2)12-19(18)23/h1,15,17H,8-14H2,2-6H3/b18-16-/t15-,17?,21?,22?/m1/s1. The zero-order valence-electron chi connectivity index (χ0n) is 15.6. The Hall–Kier alpha value is -1.03. The van der Waals surface area contributed by atoms with Crippen LogP contribution in [0.25, 0.3) is 0 Å². The van der Waals surface area contributed by atoms with Gasteiger partial charge in [0.05, 0.1) is 0 Å². The average molecular weight is 312 g/mol. The van der Waals surface area contributed by atoms with Crippen molar-refractivity contribution in [2.24, 2.45) is 28.1 Å². The van der Waals surface area contributed by atoms with Crippen molar-refractivity contribution < 1.29 is 4.79 Å². The first-order chi connectivity index (χ1) is 10.7. The van der Waals surface area contributed by atoms with E-state index in [-0.39, 0.29) is 16.2 Å². The van der Waals surface area contributed by atoms with Crippen molar-refractivity contribution in [3.05, 3.63) is 11.1 Å². The normalized spacial score (nSPS) is 44.3. The summed E-state index contributed by atoms with van der Waals surface area (Å²) >= 11 is 0. The molecule has 0 spiro atoms. The molecule has 3 unspecified atom stereocenters. The number of hydrogen-bond donors (Lipinski definition) is 0. The van der Waals surface area contributed by atoms with Crippen LogP contribution in [0.2, 0.25) is 0 Å². The van der Waals surface area contributed by atoms with E-state index in [0.29, 0.717) is 11.7 Å². The van der Waals surface area contributed by atoms with Crippen molar-refractivity contribution in [2.75, 3.05) is 0 Å². The summed E-state index contributed by atoms with van der Waals surface area (Å²) in [5.41, 5.74) is 2.69. The van der Waals surface area contributed by atoms with Gasteiger partial charge in [-0.05, 0) is 73.7 Å². The fourth-order valence-corrected chi connectivity index (χ4v) is 6.25. The third-order valence-corrected chi connectivity index (χ3v) is 7.94. The van der Waals surface area contributed by atoms with Gasteiger partial charge in [-0.25, -0.2) is 0 Å². The van der Waals surface area contributed by atoms with Gasteiger partial charge in [0.2, 0.25) is 0 Å². The van der Waals surface area contributed by atoms with Crippen LogP contribution in [0.4, 0.5) is 0 Å². The smallest absolute Gasteiger partial charge is 0.159 e. The third kappa shape index (κ3) is 2.17. The molecule has 4 atom stereocenters. The first-order valence-corrected chi connectivity index (χ1v) is 9.36. The number of rotatable bonds is 2. The van der Waals surface area contributed by atoms with Crippen LogP contribution in [0, 0.1) is 40.4 Å². The largest absolute Gasteiger partial charge is 0.295 e. The molecule has 0 aromatic heterocycles. The summed E-state index contributed by atoms with van der Waals surface area (Å²) in [7, 11) is 0. The molecule has 3 saturated carbocycles. The Kier molecular flexibility index (Phi) is 3.83. The molecule has 0 aromatic carbocycles. The van der Waals surface area contributed by atoms with Gasteiger partial charge in [-0.15, -0.1) is 6.42 Å². The van der Waals surface area contributed by atoms with Crippen molar-refractivity contribution in [1.82, 2.24) is 0 Å². The summed E-state index contributed by atoms with van der Waals surface area (Å²) in [6.07, 6.45) is 13.8. The number of carbonyl (C=O) groups excluding carboxylic acids is 1. The molecule has 0 saturated heterocycles. The number of terminal acetylenes is 1. The number of fused-ring (bicyclic) bond motifs is 2. The van der Waals surface area contributed by atoms with Gasteiger partial charge in [-0.3, -0.25) is 4.79 Å². The fraction of sp³-hybridized carbons (Fsp3) is 0.773. The quantitative estimate of drug-likeness (QED) is 0.483. The van der Waals surface area contributed by atoms with E-state index in [0.717, 1.165) is 37.2 Å². The summed E-state index contributed by atoms with van der Waals surface area (Å²) < 4.78 is 0. The van der Waals surface area contributed by atoms with Gasteiger partial charge in [0.15, 0.2) is 5.78 Å². The lowest BCUT2D eigenvalue weighted by atomic mass is 9.51. The molecule has 0 N–H and O–H groups in total. The van der Waals surface area contributed by atoms with Crippen LogP contribution in [-0.2, 0) is 4.79 Å². The molecule has 126 valence electrons. The van der Waals surface area contributed by atoms with Gasteiger partial charge < -0.3 is 0 Å². The molecule has 0 amide bonds. The Labute approximate surface area is 142 Å². The Morgan fingerprint density at radius 1 is 1.30 bits per heavy atom. The molecule has 3 fully saturated rings. The van der Waals surface area contributed by atoms with Crippen molar-refractivity contribution in [3.63, 3.8) is 0 Å². The molecular formula is C22H32O. The van der Waals surface area contributed by atoms with Gasteiger partial charge in [0, 0.05) is 11.8 Å². The van der Waals surface area contributed by atoms with Gasteiger partial charge in [-0.2, -0.15) is 0 Å². The van der Waals surface area contributed by atoms with E-state index in [4.69, 9.17) is 6.42 Å². The van der Waals surface area contributed by atoms with Crippen LogP contribution < -0.4 is 0 Å². The van der Waals surface area contributed by atoms with Gasteiger partial charge in [0.25, 0.3) is 0 Å². The fourth-order valence-electron chi connectivity index (χ4n) is 6.25. The average Bonchev–Trinajstić information content (AvgIpc) is 2.93. The number of Topliss-reactive ketones (excluding diaryl/α,β-unsaturated/α-hetero) is 1. The highest BCUT2D eigenvalue weighted by atomic mass is 16.1. The monoisotopic (exact) mass is 312 g/mol. The van der Waals surface area contributed by atoms with Gasteiger partial charge >= 0.3 is 0 Å². The zero-order valence-corrected chi connectivity index (χ0v) is 15.6. The van der Waals surface area contributed by atoms with Crippen LogP contribution >= 0.6 is 0 Å². The molecule has 1 heteroatoms. The molecule has 2 bridgehead atoms. The van der Waals surface area contributed by atoms with E-state index in [9.17, 15) is 4.79 Å². The number of allylic oxidation sites excluding steroid dienone is 2. The molecule has 3 aliphatic carbocycles. The first-order valence-electron chi connectivity index (χ1n) is 9.36. The Morgan fingerprint density at radius 2 is 2.00 bits per heavy atom. The molecule has 0 heterocycles. The second-order valence-electron chi connectivity index (χ2n) is 9.48. The summed E-state index contributed by atoms with van der Waals surface area (Å²) in [6.45, 7) is 11.5. The van der Waals surface area contributed by atoms with Gasteiger partial charge in [0.1, 0.15) is 0 Å². The topological polar surface area (TPSA) is 17.1 Å². The number of ketones is 1. The minimum atomic E-state index is -0.0939. The lowest BCUT2D eigenvalue weighted by Gasteiger charge is -2.52. The SMILES string of the molecule is C#CC1(C/C(C)=C2/CC[C@@H](C)CC2=O)C2(C)CCC(C2)C1(C)C. The maximum absolute atomic E-state index is 12.5. The predicted molar refractivity (Wildman–Crippen MR) is 95.8 cm³/mol. The first kappa shape index (κ1) is 16.8. The summed E-state index contributed by atoms with van der Waals surface area (Å²) in [6, 6.07) is 0. The minimum absolute atomic E-state index is 0.0939. The van der Waals surface area contributed by atoms with E-state index in [2.05, 4.69) is 40.5 Å². The van der Waals surface area contributed by atoms with Crippen LogP contribution in [-0.4, -0.2) is 5.78 Å². The van der Waals surface area contributed by atoms with Crippen molar-refractivity contribution in [3.8, 4) is 12.3 Å². The summed E-state index contributed by atoms with van der Waals surface area (Å²) in [5, 5.41) is 0. The zero-order chi connectivity index (χ0) is 17.0. The summed E-state index contributed by atoms with van der Waals surface area (Å²) in [5.74, 6) is 4.94. The minimum Gasteiger partial charge on any atom is -0.295 e. The molecule has 0 aliphatic heterocycles. The molecule has 3 rings (SSSR count). The van der Waals surface area contributed by atoms with Crippen molar-refractivity contribution >= 4 is 5.78 Å². The predicted octanol–water partition coefficient (Wildman–Crippen LogP) is 5.55. The van der Waals surface area contributed by atoms with Gasteiger partial charge in [-0.1, -0.05) is 39.2 Å². The molecule has 23 heavy (non-hydrogen) atoms. The van der Waals surface area contributed by atoms with Crippen LogP contribution in [0.5, 0.6) is 0 Å².